The lowest BCUT2D eigenvalue weighted by atomic mass is 9.93. The van der Waals surface area contributed by atoms with E-state index in [2.05, 4.69) is 64.8 Å². The summed E-state index contributed by atoms with van der Waals surface area (Å²) in [6.07, 6.45) is 3.70. The molecule has 0 bridgehead atoms. The second kappa shape index (κ2) is 7.74. The zero-order valence-electron chi connectivity index (χ0n) is 14.8. The predicted molar refractivity (Wildman–Crippen MR) is 109 cm³/mol. The van der Waals surface area contributed by atoms with Gasteiger partial charge in [0.1, 0.15) is 0 Å². The van der Waals surface area contributed by atoms with Crippen LogP contribution >= 0.6 is 0 Å². The maximum absolute atomic E-state index is 4.92. The van der Waals surface area contributed by atoms with Gasteiger partial charge >= 0.3 is 0 Å². The molecule has 0 aromatic heterocycles. The van der Waals surface area contributed by atoms with Crippen LogP contribution < -0.4 is 0 Å². The lowest BCUT2D eigenvalue weighted by Gasteiger charge is -2.16. The first-order chi connectivity index (χ1) is 11.5. The lowest BCUT2D eigenvalue weighted by molar-refractivity contribution is 0.878. The van der Waals surface area contributed by atoms with E-state index in [0.717, 1.165) is 39.2 Å². The molecule has 0 atom stereocenters. The maximum Gasteiger partial charge on any atom is 0.0785 e. The second-order valence-corrected chi connectivity index (χ2v) is 6.13. The van der Waals surface area contributed by atoms with Crippen LogP contribution in [0.5, 0.6) is 0 Å². The first-order valence-electron chi connectivity index (χ1n) is 8.21. The minimum Gasteiger partial charge on any atom is -0.257 e. The van der Waals surface area contributed by atoms with E-state index in [1.807, 2.05) is 30.4 Å². The van der Waals surface area contributed by atoms with Crippen molar-refractivity contribution in [2.45, 2.75) is 20.8 Å². The molecule has 0 saturated heterocycles. The Bertz CT molecular complexity index is 792. The van der Waals surface area contributed by atoms with Gasteiger partial charge in [-0.3, -0.25) is 4.99 Å². The summed E-state index contributed by atoms with van der Waals surface area (Å²) in [6, 6.07) is 14.3. The van der Waals surface area contributed by atoms with Crippen molar-refractivity contribution < 1.29 is 0 Å². The van der Waals surface area contributed by atoms with Crippen LogP contribution in [0.2, 0.25) is 0 Å². The molecule has 24 heavy (non-hydrogen) atoms. The third kappa shape index (κ3) is 3.62. The van der Waals surface area contributed by atoms with Crippen LogP contribution in [0.25, 0.3) is 17.7 Å². The van der Waals surface area contributed by atoms with Gasteiger partial charge in [0.15, 0.2) is 0 Å². The van der Waals surface area contributed by atoms with Crippen molar-refractivity contribution in [1.29, 1.82) is 0 Å². The van der Waals surface area contributed by atoms with E-state index in [9.17, 15) is 0 Å². The summed E-state index contributed by atoms with van der Waals surface area (Å²) in [6.45, 7) is 18.6. The maximum atomic E-state index is 4.92. The Balaban J connectivity index is 2.72. The first kappa shape index (κ1) is 17.7. The molecule has 2 rings (SSSR count). The van der Waals surface area contributed by atoms with Crippen molar-refractivity contribution in [1.82, 2.24) is 0 Å². The smallest absolute Gasteiger partial charge is 0.0785 e. The van der Waals surface area contributed by atoms with Gasteiger partial charge < -0.3 is 0 Å². The molecular formula is C23H25N. The molecule has 0 amide bonds. The van der Waals surface area contributed by atoms with Gasteiger partial charge in [0.25, 0.3) is 0 Å². The highest BCUT2D eigenvalue weighted by atomic mass is 14.8. The molecule has 0 spiro atoms. The van der Waals surface area contributed by atoms with Gasteiger partial charge in [-0.2, -0.15) is 0 Å². The highest BCUT2D eigenvalue weighted by Crippen LogP contribution is 2.36. The summed E-state index contributed by atoms with van der Waals surface area (Å²) < 4.78 is 0. The number of benzene rings is 2. The van der Waals surface area contributed by atoms with E-state index in [-0.39, 0.29) is 0 Å². The van der Waals surface area contributed by atoms with E-state index in [0.29, 0.717) is 5.92 Å². The molecule has 0 N–H and O–H groups in total. The van der Waals surface area contributed by atoms with E-state index in [1.165, 1.54) is 0 Å². The van der Waals surface area contributed by atoms with Crippen LogP contribution in [0.1, 0.15) is 43.0 Å². The zero-order chi connectivity index (χ0) is 17.7. The molecule has 122 valence electrons. The third-order valence-corrected chi connectivity index (χ3v) is 4.25. The molecule has 0 saturated carbocycles. The topological polar surface area (TPSA) is 12.4 Å². The van der Waals surface area contributed by atoms with Crippen LogP contribution in [0.3, 0.4) is 0 Å². The summed E-state index contributed by atoms with van der Waals surface area (Å²) in [5.74, 6) is 0.382. The molecule has 2 aromatic rings. The van der Waals surface area contributed by atoms with E-state index in [1.54, 1.807) is 0 Å². The third-order valence-electron chi connectivity index (χ3n) is 4.25. The Hall–Kier alpha value is -2.67. The van der Waals surface area contributed by atoms with Crippen LogP contribution in [0, 0.1) is 5.92 Å². The summed E-state index contributed by atoms with van der Waals surface area (Å²) in [4.78, 5) is 4.92. The van der Waals surface area contributed by atoms with Gasteiger partial charge in [-0.05, 0) is 29.5 Å². The summed E-state index contributed by atoms with van der Waals surface area (Å²) in [5, 5.41) is 0. The van der Waals surface area contributed by atoms with Crippen LogP contribution in [0.15, 0.2) is 67.2 Å². The van der Waals surface area contributed by atoms with E-state index < -0.39 is 0 Å². The fourth-order valence-electron chi connectivity index (χ4n) is 2.48. The van der Waals surface area contributed by atoms with Crippen molar-refractivity contribution in [3.63, 3.8) is 0 Å². The predicted octanol–water partition coefficient (Wildman–Crippen LogP) is 6.78. The lowest BCUT2D eigenvalue weighted by Crippen LogP contribution is -2.02. The molecule has 0 fully saturated rings. The van der Waals surface area contributed by atoms with Gasteiger partial charge in [0.05, 0.1) is 5.69 Å². The van der Waals surface area contributed by atoms with Crippen molar-refractivity contribution >= 4 is 29.1 Å². The van der Waals surface area contributed by atoms with Gasteiger partial charge in [0, 0.05) is 16.8 Å². The molecule has 1 nitrogen and oxygen atoms in total. The first-order valence-corrected chi connectivity index (χ1v) is 8.21. The Morgan fingerprint density at radius 3 is 2.21 bits per heavy atom. The van der Waals surface area contributed by atoms with Gasteiger partial charge in [-0.1, -0.05) is 88.2 Å². The van der Waals surface area contributed by atoms with E-state index in [4.69, 9.17) is 4.99 Å². The number of rotatable bonds is 6. The van der Waals surface area contributed by atoms with Crippen molar-refractivity contribution in [2.24, 2.45) is 10.9 Å². The molecular weight excluding hydrogens is 290 g/mol. The average molecular weight is 315 g/mol. The van der Waals surface area contributed by atoms with Crippen molar-refractivity contribution in [3.05, 3.63) is 84.5 Å². The average Bonchev–Trinajstić information content (AvgIpc) is 2.61. The Morgan fingerprint density at radius 1 is 1.00 bits per heavy atom. The standard InChI is InChI=1S/C23H25N/c1-7-19-14-15-22(17(5)20-12-10-9-11-13-20)23(21(19)8-2)24-18(6)16(3)4/h7-16H,1-2,5H2,3-4,6H3. The summed E-state index contributed by atoms with van der Waals surface area (Å²) in [5.41, 5.74) is 7.12. The summed E-state index contributed by atoms with van der Waals surface area (Å²) in [7, 11) is 0. The molecule has 0 aliphatic carbocycles. The molecule has 0 radical (unpaired) electrons. The number of hydrogen-bond acceptors (Lipinski definition) is 1. The highest BCUT2D eigenvalue weighted by Gasteiger charge is 2.14. The Kier molecular flexibility index (Phi) is 5.70. The molecule has 1 heteroatoms. The fourth-order valence-corrected chi connectivity index (χ4v) is 2.48. The minimum absolute atomic E-state index is 0.382. The zero-order valence-corrected chi connectivity index (χ0v) is 14.8. The number of aliphatic imine (C=N–C) groups is 1. The van der Waals surface area contributed by atoms with Gasteiger partial charge in [-0.15, -0.1) is 0 Å². The van der Waals surface area contributed by atoms with E-state index >= 15 is 0 Å². The molecule has 0 heterocycles. The molecule has 0 aliphatic rings. The number of nitrogens with zero attached hydrogens (tertiary/aromatic N) is 1. The SMILES string of the molecule is C=Cc1ccc(C(=C)c2ccccc2)c(N=C(C)C(C)C)c1C=C. The molecule has 0 unspecified atom stereocenters. The van der Waals surface area contributed by atoms with Gasteiger partial charge in [0.2, 0.25) is 0 Å². The van der Waals surface area contributed by atoms with Crippen LogP contribution in [-0.4, -0.2) is 5.71 Å². The van der Waals surface area contributed by atoms with Crippen LogP contribution in [0.4, 0.5) is 5.69 Å². The molecule has 0 aliphatic heterocycles. The second-order valence-electron chi connectivity index (χ2n) is 6.13. The largest absolute Gasteiger partial charge is 0.257 e. The normalized spacial score (nSPS) is 11.4. The molecule has 2 aromatic carbocycles. The quantitative estimate of drug-likeness (QED) is 0.521. The Labute approximate surface area is 145 Å². The van der Waals surface area contributed by atoms with Crippen molar-refractivity contribution in [2.75, 3.05) is 0 Å². The van der Waals surface area contributed by atoms with Gasteiger partial charge in [-0.25, -0.2) is 0 Å². The highest BCUT2D eigenvalue weighted by molar-refractivity contribution is 5.94. The Morgan fingerprint density at radius 2 is 1.67 bits per heavy atom. The van der Waals surface area contributed by atoms with Crippen LogP contribution in [-0.2, 0) is 0 Å². The van der Waals surface area contributed by atoms with Crippen molar-refractivity contribution in [3.8, 4) is 0 Å². The summed E-state index contributed by atoms with van der Waals surface area (Å²) >= 11 is 0. The monoisotopic (exact) mass is 315 g/mol. The number of hydrogen-bond donors (Lipinski definition) is 0. The fraction of sp³-hybridized carbons (Fsp3) is 0.174. The minimum atomic E-state index is 0.382.